The largest absolute Gasteiger partial charge is 0.480 e. The summed E-state index contributed by atoms with van der Waals surface area (Å²) in [6.45, 7) is 6.02. The van der Waals surface area contributed by atoms with E-state index in [1.54, 1.807) is 0 Å². The van der Waals surface area contributed by atoms with Gasteiger partial charge in [-0.15, -0.1) is 11.8 Å². The van der Waals surface area contributed by atoms with Crippen LogP contribution in [0.4, 0.5) is 0 Å². The van der Waals surface area contributed by atoms with Gasteiger partial charge in [0.1, 0.15) is 5.25 Å². The zero-order valence-electron chi connectivity index (χ0n) is 9.88. The molecular formula is C11H18N2O2S. The first-order valence-electron chi connectivity index (χ1n) is 5.43. The molecule has 4 nitrogen and oxygen atoms in total. The van der Waals surface area contributed by atoms with Crippen molar-refractivity contribution in [3.05, 3.63) is 18.0 Å². The molecule has 0 amide bonds. The maximum atomic E-state index is 10.8. The van der Waals surface area contributed by atoms with Gasteiger partial charge in [-0.1, -0.05) is 6.92 Å². The molecule has 16 heavy (non-hydrogen) atoms. The van der Waals surface area contributed by atoms with Gasteiger partial charge in [0.05, 0.1) is 5.69 Å². The minimum atomic E-state index is -0.740. The number of carboxylic acid groups (broad SMARTS) is 1. The molecule has 90 valence electrons. The van der Waals surface area contributed by atoms with Crippen LogP contribution in [0.25, 0.3) is 0 Å². The molecule has 1 unspecified atom stereocenters. The lowest BCUT2D eigenvalue weighted by Crippen LogP contribution is -2.15. The minimum absolute atomic E-state index is 0.329. The summed E-state index contributed by atoms with van der Waals surface area (Å²) >= 11 is 1.43. The topological polar surface area (TPSA) is 55.1 Å². The summed E-state index contributed by atoms with van der Waals surface area (Å²) in [6.07, 6.45) is 2.58. The second-order valence-corrected chi connectivity index (χ2v) is 5.12. The Kier molecular flexibility index (Phi) is 4.86. The van der Waals surface area contributed by atoms with E-state index in [1.165, 1.54) is 11.8 Å². The predicted molar refractivity (Wildman–Crippen MR) is 65.6 cm³/mol. The maximum Gasteiger partial charge on any atom is 0.316 e. The summed E-state index contributed by atoms with van der Waals surface area (Å²) in [5, 5.41) is 12.9. The van der Waals surface area contributed by atoms with Gasteiger partial charge in [0.2, 0.25) is 0 Å². The molecule has 5 heteroatoms. The summed E-state index contributed by atoms with van der Waals surface area (Å²) in [7, 11) is 0. The number of carbonyl (C=O) groups is 1. The van der Waals surface area contributed by atoms with Crippen LogP contribution in [0.2, 0.25) is 0 Å². The Labute approximate surface area is 100 Å². The third-order valence-electron chi connectivity index (χ3n) is 2.27. The minimum Gasteiger partial charge on any atom is -0.480 e. The van der Waals surface area contributed by atoms with Crippen molar-refractivity contribution in [3.63, 3.8) is 0 Å². The average molecular weight is 242 g/mol. The number of hydrogen-bond donors (Lipinski definition) is 1. The monoisotopic (exact) mass is 242 g/mol. The lowest BCUT2D eigenvalue weighted by Gasteiger charge is -2.08. The van der Waals surface area contributed by atoms with Gasteiger partial charge in [-0.25, -0.2) is 0 Å². The zero-order valence-corrected chi connectivity index (χ0v) is 10.7. The molecule has 0 saturated carbocycles. The summed E-state index contributed by atoms with van der Waals surface area (Å²) < 4.78 is 1.89. The number of carboxylic acids is 1. The Hall–Kier alpha value is -0.970. The van der Waals surface area contributed by atoms with Crippen LogP contribution >= 0.6 is 11.8 Å². The van der Waals surface area contributed by atoms with Crippen LogP contribution in [0.1, 0.15) is 38.9 Å². The number of hydrogen-bond acceptors (Lipinski definition) is 3. The van der Waals surface area contributed by atoms with Gasteiger partial charge >= 0.3 is 5.97 Å². The molecule has 0 fully saturated rings. The van der Waals surface area contributed by atoms with Crippen LogP contribution in [-0.4, -0.2) is 26.1 Å². The number of nitrogens with zero attached hydrogens (tertiary/aromatic N) is 2. The first kappa shape index (κ1) is 13.1. The third-order valence-corrected chi connectivity index (χ3v) is 3.67. The Balaban J connectivity index is 2.50. The van der Waals surface area contributed by atoms with E-state index in [0.717, 1.165) is 5.69 Å². The van der Waals surface area contributed by atoms with Crippen molar-refractivity contribution < 1.29 is 9.90 Å². The molecule has 0 spiro atoms. The summed E-state index contributed by atoms with van der Waals surface area (Å²) in [5.41, 5.74) is 0.943. The lowest BCUT2D eigenvalue weighted by molar-refractivity contribution is -0.136. The van der Waals surface area contributed by atoms with Crippen molar-refractivity contribution >= 4 is 17.7 Å². The van der Waals surface area contributed by atoms with Crippen LogP contribution in [-0.2, 0) is 10.5 Å². The maximum absolute atomic E-state index is 10.8. The number of aromatic nitrogens is 2. The number of thioether (sulfide) groups is 1. The molecule has 0 radical (unpaired) electrons. The molecule has 0 aliphatic heterocycles. The standard InChI is InChI=1S/C11H18N2O2S/c1-4-10(11(14)15)16-7-9-5-6-13(12-9)8(2)3/h5-6,8,10H,4,7H2,1-3H3,(H,14,15). The molecule has 1 rings (SSSR count). The SMILES string of the molecule is CCC(SCc1ccn(C(C)C)n1)C(=O)O. The first-order chi connectivity index (χ1) is 7.54. The summed E-state index contributed by atoms with van der Waals surface area (Å²) in [6, 6.07) is 2.29. The second kappa shape index (κ2) is 5.94. The van der Waals surface area contributed by atoms with E-state index < -0.39 is 5.97 Å². The normalized spacial score (nSPS) is 13.0. The molecule has 1 aromatic heterocycles. The fourth-order valence-corrected chi connectivity index (χ4v) is 2.20. The van der Waals surface area contributed by atoms with Gasteiger partial charge in [0, 0.05) is 18.0 Å². The highest BCUT2D eigenvalue weighted by atomic mass is 32.2. The van der Waals surface area contributed by atoms with Gasteiger partial charge in [-0.3, -0.25) is 9.48 Å². The van der Waals surface area contributed by atoms with Crippen LogP contribution < -0.4 is 0 Å². The molecule has 0 aliphatic rings. The van der Waals surface area contributed by atoms with Gasteiger partial charge < -0.3 is 5.11 Å². The van der Waals surface area contributed by atoms with Crippen LogP contribution in [0.15, 0.2) is 12.3 Å². The Morgan fingerprint density at radius 3 is 2.75 bits per heavy atom. The van der Waals surface area contributed by atoms with Gasteiger partial charge in [-0.05, 0) is 26.3 Å². The molecule has 0 aliphatic carbocycles. The molecule has 0 saturated heterocycles. The summed E-state index contributed by atoms with van der Waals surface area (Å²) in [4.78, 5) is 10.8. The average Bonchev–Trinajstić information content (AvgIpc) is 2.67. The van der Waals surface area contributed by atoms with Crippen LogP contribution in [0.5, 0.6) is 0 Å². The summed E-state index contributed by atoms with van der Waals surface area (Å²) in [5.74, 6) is -0.0827. The smallest absolute Gasteiger partial charge is 0.316 e. The quantitative estimate of drug-likeness (QED) is 0.833. The van der Waals surface area contributed by atoms with E-state index in [1.807, 2.05) is 23.9 Å². The molecule has 1 aromatic rings. The van der Waals surface area contributed by atoms with Gasteiger partial charge in [-0.2, -0.15) is 5.10 Å². The first-order valence-corrected chi connectivity index (χ1v) is 6.48. The zero-order chi connectivity index (χ0) is 12.1. The van der Waals surface area contributed by atoms with E-state index in [4.69, 9.17) is 5.11 Å². The van der Waals surface area contributed by atoms with E-state index in [9.17, 15) is 4.79 Å². The van der Waals surface area contributed by atoms with Crippen molar-refractivity contribution in [2.24, 2.45) is 0 Å². The number of rotatable bonds is 6. The van der Waals surface area contributed by atoms with Crippen LogP contribution in [0.3, 0.4) is 0 Å². The second-order valence-electron chi connectivity index (χ2n) is 3.93. The van der Waals surface area contributed by atoms with Gasteiger partial charge in [0.25, 0.3) is 0 Å². The molecule has 1 N–H and O–H groups in total. The van der Waals surface area contributed by atoms with Crippen molar-refractivity contribution in [1.82, 2.24) is 9.78 Å². The predicted octanol–water partition coefficient (Wildman–Crippen LogP) is 2.56. The highest BCUT2D eigenvalue weighted by Gasteiger charge is 2.15. The highest BCUT2D eigenvalue weighted by Crippen LogP contribution is 2.20. The van der Waals surface area contributed by atoms with Gasteiger partial charge in [0.15, 0.2) is 0 Å². The fourth-order valence-electron chi connectivity index (χ4n) is 1.29. The number of aliphatic carboxylic acids is 1. The van der Waals surface area contributed by atoms with E-state index >= 15 is 0 Å². The lowest BCUT2D eigenvalue weighted by atomic mass is 10.3. The van der Waals surface area contributed by atoms with E-state index in [0.29, 0.717) is 18.2 Å². The Bertz CT molecular complexity index is 350. The highest BCUT2D eigenvalue weighted by molar-refractivity contribution is 7.99. The van der Waals surface area contributed by atoms with Crippen molar-refractivity contribution in [1.29, 1.82) is 0 Å². The van der Waals surface area contributed by atoms with Crippen LogP contribution in [0, 0.1) is 0 Å². The Morgan fingerprint density at radius 2 is 2.31 bits per heavy atom. The van der Waals surface area contributed by atoms with E-state index in [2.05, 4.69) is 18.9 Å². The van der Waals surface area contributed by atoms with Crippen molar-refractivity contribution in [3.8, 4) is 0 Å². The molecule has 1 heterocycles. The molecular weight excluding hydrogens is 224 g/mol. The van der Waals surface area contributed by atoms with E-state index in [-0.39, 0.29) is 5.25 Å². The van der Waals surface area contributed by atoms with Crippen molar-refractivity contribution in [2.75, 3.05) is 0 Å². The molecule has 0 bridgehead atoms. The Morgan fingerprint density at radius 1 is 1.62 bits per heavy atom. The molecule has 1 atom stereocenters. The van der Waals surface area contributed by atoms with Crippen molar-refractivity contribution in [2.45, 2.75) is 44.2 Å². The third kappa shape index (κ3) is 3.56. The fraction of sp³-hybridized carbons (Fsp3) is 0.636. The molecule has 0 aromatic carbocycles.